The summed E-state index contributed by atoms with van der Waals surface area (Å²) in [5, 5.41) is 0. The molecule has 0 fully saturated rings. The van der Waals surface area contributed by atoms with Crippen LogP contribution in [0.5, 0.6) is 0 Å². The fourth-order valence-electron chi connectivity index (χ4n) is 0.983. The predicted octanol–water partition coefficient (Wildman–Crippen LogP) is 0.840. The number of hydrogen-bond donors (Lipinski definition) is 1. The Kier molecular flexibility index (Phi) is 5.72. The third-order valence-corrected chi connectivity index (χ3v) is 2.00. The van der Waals surface area contributed by atoms with Gasteiger partial charge in [-0.25, -0.2) is 0 Å². The summed E-state index contributed by atoms with van der Waals surface area (Å²) < 4.78 is 0. The van der Waals surface area contributed by atoms with Gasteiger partial charge in [0.25, 0.3) is 0 Å². The van der Waals surface area contributed by atoms with Crippen molar-refractivity contribution in [3.05, 3.63) is 0 Å². The smallest absolute Gasteiger partial charge is 0.226 e. The summed E-state index contributed by atoms with van der Waals surface area (Å²) in [6, 6.07) is 0. The highest BCUT2D eigenvalue weighted by Crippen LogP contribution is 2.00. The van der Waals surface area contributed by atoms with E-state index >= 15 is 0 Å². The van der Waals surface area contributed by atoms with Crippen molar-refractivity contribution in [1.82, 2.24) is 4.90 Å². The molecule has 0 bridgehead atoms. The van der Waals surface area contributed by atoms with Gasteiger partial charge in [-0.05, 0) is 6.42 Å². The van der Waals surface area contributed by atoms with Crippen LogP contribution < -0.4 is 5.73 Å². The van der Waals surface area contributed by atoms with Gasteiger partial charge >= 0.3 is 0 Å². The van der Waals surface area contributed by atoms with E-state index in [0.717, 1.165) is 19.4 Å². The van der Waals surface area contributed by atoms with Crippen molar-refractivity contribution < 1.29 is 4.79 Å². The molecule has 0 rings (SSSR count). The second-order valence-corrected chi connectivity index (χ2v) is 3.25. The molecule has 3 heteroatoms. The minimum atomic E-state index is -0.0353. The third-order valence-electron chi connectivity index (χ3n) is 2.00. The van der Waals surface area contributed by atoms with Crippen molar-refractivity contribution in [3.63, 3.8) is 0 Å². The van der Waals surface area contributed by atoms with Gasteiger partial charge in [0.15, 0.2) is 0 Å². The van der Waals surface area contributed by atoms with Crippen LogP contribution in [0.2, 0.25) is 0 Å². The summed E-state index contributed by atoms with van der Waals surface area (Å²) in [6.45, 7) is 5.27. The molecule has 1 atom stereocenters. The maximum atomic E-state index is 11.4. The molecule has 0 saturated heterocycles. The largest absolute Gasteiger partial charge is 0.345 e. The van der Waals surface area contributed by atoms with E-state index < -0.39 is 0 Å². The Morgan fingerprint density at radius 1 is 1.58 bits per heavy atom. The molecule has 0 radical (unpaired) electrons. The summed E-state index contributed by atoms with van der Waals surface area (Å²) in [5.74, 6) is 0.123. The highest BCUT2D eigenvalue weighted by molar-refractivity contribution is 5.78. The van der Waals surface area contributed by atoms with Crippen LogP contribution >= 0.6 is 0 Å². The Labute approximate surface area is 74.9 Å². The topological polar surface area (TPSA) is 46.3 Å². The molecule has 0 aromatic carbocycles. The fourth-order valence-corrected chi connectivity index (χ4v) is 0.983. The number of hydrogen-bond acceptors (Lipinski definition) is 2. The van der Waals surface area contributed by atoms with Crippen molar-refractivity contribution in [3.8, 4) is 0 Å². The van der Waals surface area contributed by atoms with Crippen molar-refractivity contribution in [2.24, 2.45) is 11.7 Å². The molecule has 0 aliphatic heterocycles. The molecule has 0 aromatic rings. The van der Waals surface area contributed by atoms with Crippen molar-refractivity contribution in [2.45, 2.75) is 26.7 Å². The van der Waals surface area contributed by atoms with Crippen molar-refractivity contribution in [1.29, 1.82) is 0 Å². The van der Waals surface area contributed by atoms with E-state index in [1.54, 1.807) is 4.90 Å². The van der Waals surface area contributed by atoms with Gasteiger partial charge in [-0.1, -0.05) is 20.3 Å². The first-order chi connectivity index (χ1) is 5.63. The lowest BCUT2D eigenvalue weighted by molar-refractivity contribution is -0.133. The molecule has 72 valence electrons. The highest BCUT2D eigenvalue weighted by Gasteiger charge is 2.14. The quantitative estimate of drug-likeness (QED) is 0.668. The lowest BCUT2D eigenvalue weighted by atomic mass is 10.1. The number of carbonyl (C=O) groups excluding carboxylic acids is 1. The molecule has 0 spiro atoms. The monoisotopic (exact) mass is 172 g/mol. The Morgan fingerprint density at radius 3 is 2.58 bits per heavy atom. The van der Waals surface area contributed by atoms with Crippen LogP contribution in [0, 0.1) is 5.92 Å². The first-order valence-corrected chi connectivity index (χ1v) is 4.58. The van der Waals surface area contributed by atoms with E-state index in [-0.39, 0.29) is 11.8 Å². The summed E-state index contributed by atoms with van der Waals surface area (Å²) in [4.78, 5) is 13.2. The molecular formula is C9H20N2O. The number of nitrogens with two attached hydrogens (primary N) is 1. The second-order valence-electron chi connectivity index (χ2n) is 3.25. The van der Waals surface area contributed by atoms with E-state index in [2.05, 4.69) is 6.92 Å². The van der Waals surface area contributed by atoms with Crippen molar-refractivity contribution in [2.75, 3.05) is 20.1 Å². The lowest BCUT2D eigenvalue weighted by Crippen LogP contribution is -2.35. The van der Waals surface area contributed by atoms with Crippen LogP contribution in [0.3, 0.4) is 0 Å². The van der Waals surface area contributed by atoms with Crippen LogP contribution in [-0.4, -0.2) is 30.9 Å². The van der Waals surface area contributed by atoms with Gasteiger partial charge in [0.1, 0.15) is 0 Å². The number of carbonyl (C=O) groups is 1. The van der Waals surface area contributed by atoms with Gasteiger partial charge < -0.3 is 10.6 Å². The summed E-state index contributed by atoms with van der Waals surface area (Å²) in [7, 11) is 1.84. The minimum Gasteiger partial charge on any atom is -0.345 e. The molecule has 3 nitrogen and oxygen atoms in total. The van der Waals surface area contributed by atoms with Crippen LogP contribution in [0.4, 0.5) is 0 Å². The molecule has 0 heterocycles. The molecule has 0 saturated carbocycles. The normalized spacial score (nSPS) is 12.7. The molecule has 0 aliphatic carbocycles. The summed E-state index contributed by atoms with van der Waals surface area (Å²) >= 11 is 0. The zero-order valence-electron chi connectivity index (χ0n) is 8.34. The molecular weight excluding hydrogens is 152 g/mol. The van der Waals surface area contributed by atoms with E-state index in [1.165, 1.54) is 0 Å². The van der Waals surface area contributed by atoms with E-state index in [0.29, 0.717) is 6.54 Å². The van der Waals surface area contributed by atoms with Crippen LogP contribution in [-0.2, 0) is 4.79 Å². The third kappa shape index (κ3) is 3.72. The van der Waals surface area contributed by atoms with E-state index in [1.807, 2.05) is 14.0 Å². The Bertz CT molecular complexity index is 136. The number of amides is 1. The standard InChI is InChI=1S/C9H20N2O/c1-4-5-6-11(3)9(12)8(2)7-10/h8H,4-7,10H2,1-3H3. The van der Waals surface area contributed by atoms with Crippen LogP contribution in [0.1, 0.15) is 26.7 Å². The van der Waals surface area contributed by atoms with E-state index in [9.17, 15) is 4.79 Å². The SMILES string of the molecule is CCCCN(C)C(=O)C(C)CN. The van der Waals surface area contributed by atoms with Gasteiger partial charge in [0.05, 0.1) is 0 Å². The summed E-state index contributed by atoms with van der Waals surface area (Å²) in [5.41, 5.74) is 5.39. The molecule has 0 aliphatic rings. The molecule has 2 N–H and O–H groups in total. The predicted molar refractivity (Wildman–Crippen MR) is 50.8 cm³/mol. The molecule has 1 unspecified atom stereocenters. The average Bonchev–Trinajstić information content (AvgIpc) is 2.11. The first-order valence-electron chi connectivity index (χ1n) is 4.58. The number of rotatable bonds is 5. The van der Waals surface area contributed by atoms with Crippen LogP contribution in [0.25, 0.3) is 0 Å². The first kappa shape index (κ1) is 11.4. The van der Waals surface area contributed by atoms with Gasteiger partial charge in [0, 0.05) is 26.1 Å². The van der Waals surface area contributed by atoms with E-state index in [4.69, 9.17) is 5.73 Å². The maximum Gasteiger partial charge on any atom is 0.226 e. The Balaban J connectivity index is 3.75. The Hall–Kier alpha value is -0.570. The van der Waals surface area contributed by atoms with Crippen LogP contribution in [0.15, 0.2) is 0 Å². The fraction of sp³-hybridized carbons (Fsp3) is 0.889. The summed E-state index contributed by atoms with van der Waals surface area (Å²) in [6.07, 6.45) is 2.19. The van der Waals surface area contributed by atoms with Crippen molar-refractivity contribution >= 4 is 5.91 Å². The highest BCUT2D eigenvalue weighted by atomic mass is 16.2. The number of nitrogens with zero attached hydrogens (tertiary/aromatic N) is 1. The molecule has 1 amide bonds. The molecule has 12 heavy (non-hydrogen) atoms. The minimum absolute atomic E-state index is 0.0353. The van der Waals surface area contributed by atoms with Gasteiger partial charge in [-0.15, -0.1) is 0 Å². The molecule has 0 aromatic heterocycles. The zero-order valence-corrected chi connectivity index (χ0v) is 8.34. The number of unbranched alkanes of at least 4 members (excludes halogenated alkanes) is 1. The second kappa shape index (κ2) is 6.00. The van der Waals surface area contributed by atoms with Gasteiger partial charge in [-0.2, -0.15) is 0 Å². The maximum absolute atomic E-state index is 11.4. The average molecular weight is 172 g/mol. The lowest BCUT2D eigenvalue weighted by Gasteiger charge is -2.19. The zero-order chi connectivity index (χ0) is 9.56. The Morgan fingerprint density at radius 2 is 2.17 bits per heavy atom. The van der Waals surface area contributed by atoms with Gasteiger partial charge in [-0.3, -0.25) is 4.79 Å². The van der Waals surface area contributed by atoms with Gasteiger partial charge in [0.2, 0.25) is 5.91 Å².